The molecule has 0 saturated carbocycles. The molecular weight excluding hydrogens is 158 g/mol. The molecule has 0 heterocycles. The van der Waals surface area contributed by atoms with Gasteiger partial charge >= 0.3 is 0 Å². The number of unbranched alkanes of at least 4 members (excludes halogenated alkanes) is 2. The zero-order valence-electron chi connectivity index (χ0n) is 9.10. The van der Waals surface area contributed by atoms with Crippen molar-refractivity contribution in [3.8, 4) is 0 Å². The molecule has 0 bridgehead atoms. The van der Waals surface area contributed by atoms with Gasteiger partial charge in [0.2, 0.25) is 0 Å². The van der Waals surface area contributed by atoms with Crippen LogP contribution in [0.5, 0.6) is 0 Å². The Balaban J connectivity index is 2.25. The predicted octanol–water partition coefficient (Wildman–Crippen LogP) is 3.27. The molecule has 76 valence electrons. The molecule has 1 aliphatic carbocycles. The minimum Gasteiger partial charge on any atom is -0.313 e. The maximum Gasteiger partial charge on any atom is 0.0276 e. The van der Waals surface area contributed by atoms with Crippen molar-refractivity contribution in [2.45, 2.75) is 57.9 Å². The van der Waals surface area contributed by atoms with Crippen molar-refractivity contribution in [3.63, 3.8) is 0 Å². The average molecular weight is 181 g/mol. The highest BCUT2D eigenvalue weighted by atomic mass is 14.9. The molecule has 1 atom stereocenters. The van der Waals surface area contributed by atoms with Gasteiger partial charge in [-0.3, -0.25) is 0 Å². The first-order valence-corrected chi connectivity index (χ1v) is 5.74. The van der Waals surface area contributed by atoms with E-state index in [0.29, 0.717) is 6.04 Å². The first-order chi connectivity index (χ1) is 6.38. The molecule has 0 aromatic heterocycles. The summed E-state index contributed by atoms with van der Waals surface area (Å²) in [5.74, 6) is 0. The lowest BCUT2D eigenvalue weighted by Crippen LogP contribution is -2.26. The Labute approximate surface area is 82.6 Å². The second kappa shape index (κ2) is 6.20. The van der Waals surface area contributed by atoms with Crippen LogP contribution in [-0.2, 0) is 0 Å². The SMILES string of the molecule is CCCCCC(NC)C1=CCCC1. The highest BCUT2D eigenvalue weighted by Gasteiger charge is 2.14. The number of hydrogen-bond acceptors (Lipinski definition) is 1. The smallest absolute Gasteiger partial charge is 0.0276 e. The van der Waals surface area contributed by atoms with E-state index in [2.05, 4.69) is 25.4 Å². The topological polar surface area (TPSA) is 12.0 Å². The summed E-state index contributed by atoms with van der Waals surface area (Å²) in [4.78, 5) is 0. The minimum atomic E-state index is 0.675. The van der Waals surface area contributed by atoms with Gasteiger partial charge in [0, 0.05) is 6.04 Å². The first kappa shape index (κ1) is 10.8. The van der Waals surface area contributed by atoms with Gasteiger partial charge in [0.1, 0.15) is 0 Å². The van der Waals surface area contributed by atoms with Crippen LogP contribution >= 0.6 is 0 Å². The van der Waals surface area contributed by atoms with Gasteiger partial charge in [-0.1, -0.05) is 37.8 Å². The minimum absolute atomic E-state index is 0.675. The van der Waals surface area contributed by atoms with Crippen LogP contribution < -0.4 is 5.32 Å². The van der Waals surface area contributed by atoms with Crippen molar-refractivity contribution in [2.24, 2.45) is 0 Å². The summed E-state index contributed by atoms with van der Waals surface area (Å²) >= 11 is 0. The van der Waals surface area contributed by atoms with Gasteiger partial charge in [-0.15, -0.1) is 0 Å². The average Bonchev–Trinajstić information content (AvgIpc) is 2.65. The fraction of sp³-hybridized carbons (Fsp3) is 0.833. The monoisotopic (exact) mass is 181 g/mol. The van der Waals surface area contributed by atoms with Crippen LogP contribution in [0, 0.1) is 0 Å². The summed E-state index contributed by atoms with van der Waals surface area (Å²) in [6, 6.07) is 0.675. The first-order valence-electron chi connectivity index (χ1n) is 5.74. The highest BCUT2D eigenvalue weighted by molar-refractivity contribution is 5.14. The summed E-state index contributed by atoms with van der Waals surface area (Å²) in [7, 11) is 2.09. The van der Waals surface area contributed by atoms with Gasteiger partial charge in [-0.25, -0.2) is 0 Å². The van der Waals surface area contributed by atoms with E-state index in [4.69, 9.17) is 0 Å². The molecule has 0 spiro atoms. The van der Waals surface area contributed by atoms with E-state index in [1.165, 1.54) is 44.9 Å². The predicted molar refractivity (Wildman–Crippen MR) is 58.9 cm³/mol. The summed E-state index contributed by atoms with van der Waals surface area (Å²) < 4.78 is 0. The van der Waals surface area contributed by atoms with Crippen molar-refractivity contribution in [2.75, 3.05) is 7.05 Å². The second-order valence-corrected chi connectivity index (χ2v) is 4.01. The Kier molecular flexibility index (Phi) is 5.14. The Bertz CT molecular complexity index is 161. The normalized spacial score (nSPS) is 18.8. The van der Waals surface area contributed by atoms with Crippen molar-refractivity contribution in [1.82, 2.24) is 5.32 Å². The number of nitrogens with one attached hydrogen (secondary N) is 1. The Hall–Kier alpha value is -0.300. The summed E-state index contributed by atoms with van der Waals surface area (Å²) in [5, 5.41) is 3.43. The van der Waals surface area contributed by atoms with E-state index >= 15 is 0 Å². The summed E-state index contributed by atoms with van der Waals surface area (Å²) in [6.45, 7) is 2.27. The van der Waals surface area contributed by atoms with E-state index < -0.39 is 0 Å². The summed E-state index contributed by atoms with van der Waals surface area (Å²) in [6.07, 6.45) is 11.9. The quantitative estimate of drug-likeness (QED) is 0.490. The fourth-order valence-corrected chi connectivity index (χ4v) is 2.13. The van der Waals surface area contributed by atoms with Crippen LogP contribution in [0.15, 0.2) is 11.6 Å². The standard InChI is InChI=1S/C12H23N/c1-3-4-5-10-12(13-2)11-8-6-7-9-11/h8,12-13H,3-7,9-10H2,1-2H3. The molecule has 1 unspecified atom stereocenters. The van der Waals surface area contributed by atoms with Crippen LogP contribution in [0.4, 0.5) is 0 Å². The fourth-order valence-electron chi connectivity index (χ4n) is 2.13. The second-order valence-electron chi connectivity index (χ2n) is 4.01. The van der Waals surface area contributed by atoms with E-state index in [0.717, 1.165) is 0 Å². The third-order valence-corrected chi connectivity index (χ3v) is 2.97. The molecule has 0 aliphatic heterocycles. The van der Waals surface area contributed by atoms with Crippen LogP contribution in [-0.4, -0.2) is 13.1 Å². The number of likely N-dealkylation sites (N-methyl/N-ethyl adjacent to an activating group) is 1. The largest absolute Gasteiger partial charge is 0.313 e. The molecule has 0 radical (unpaired) electrons. The maximum absolute atomic E-state index is 3.43. The molecule has 0 aromatic carbocycles. The number of rotatable bonds is 6. The molecule has 13 heavy (non-hydrogen) atoms. The van der Waals surface area contributed by atoms with Crippen molar-refractivity contribution in [3.05, 3.63) is 11.6 Å². The van der Waals surface area contributed by atoms with Crippen LogP contribution in [0.25, 0.3) is 0 Å². The lowest BCUT2D eigenvalue weighted by Gasteiger charge is -2.17. The molecule has 1 heteroatoms. The maximum atomic E-state index is 3.43. The van der Waals surface area contributed by atoms with Gasteiger partial charge < -0.3 is 5.32 Å². The molecule has 1 N–H and O–H groups in total. The van der Waals surface area contributed by atoms with Gasteiger partial charge in [0.15, 0.2) is 0 Å². The third-order valence-electron chi connectivity index (χ3n) is 2.97. The zero-order chi connectivity index (χ0) is 9.52. The third kappa shape index (κ3) is 3.51. The molecule has 1 rings (SSSR count). The van der Waals surface area contributed by atoms with E-state index in [9.17, 15) is 0 Å². The number of allylic oxidation sites excluding steroid dienone is 1. The van der Waals surface area contributed by atoms with E-state index in [-0.39, 0.29) is 0 Å². The lowest BCUT2D eigenvalue weighted by atomic mass is 10.0. The van der Waals surface area contributed by atoms with Crippen LogP contribution in [0.1, 0.15) is 51.9 Å². The lowest BCUT2D eigenvalue weighted by molar-refractivity contribution is 0.534. The summed E-state index contributed by atoms with van der Waals surface area (Å²) in [5.41, 5.74) is 1.67. The molecule has 1 nitrogen and oxygen atoms in total. The molecule has 0 fully saturated rings. The van der Waals surface area contributed by atoms with Crippen LogP contribution in [0.3, 0.4) is 0 Å². The van der Waals surface area contributed by atoms with Crippen molar-refractivity contribution < 1.29 is 0 Å². The highest BCUT2D eigenvalue weighted by Crippen LogP contribution is 2.23. The molecule has 0 amide bonds. The van der Waals surface area contributed by atoms with E-state index in [1.54, 1.807) is 5.57 Å². The Morgan fingerprint density at radius 3 is 2.85 bits per heavy atom. The van der Waals surface area contributed by atoms with Crippen molar-refractivity contribution >= 4 is 0 Å². The molecule has 0 saturated heterocycles. The van der Waals surface area contributed by atoms with Crippen molar-refractivity contribution in [1.29, 1.82) is 0 Å². The van der Waals surface area contributed by atoms with Gasteiger partial charge in [0.05, 0.1) is 0 Å². The van der Waals surface area contributed by atoms with Crippen LogP contribution in [0.2, 0.25) is 0 Å². The Morgan fingerprint density at radius 1 is 1.46 bits per heavy atom. The van der Waals surface area contributed by atoms with E-state index in [1.807, 2.05) is 0 Å². The molecular formula is C12H23N. The van der Waals surface area contributed by atoms with Gasteiger partial charge in [-0.2, -0.15) is 0 Å². The molecule has 0 aromatic rings. The Morgan fingerprint density at radius 2 is 2.31 bits per heavy atom. The zero-order valence-corrected chi connectivity index (χ0v) is 9.10. The number of hydrogen-bond donors (Lipinski definition) is 1. The van der Waals surface area contributed by atoms with Gasteiger partial charge in [0.25, 0.3) is 0 Å². The molecule has 1 aliphatic rings. The van der Waals surface area contributed by atoms with Gasteiger partial charge in [-0.05, 0) is 32.7 Å².